The van der Waals surface area contributed by atoms with E-state index in [0.29, 0.717) is 17.7 Å². The molecule has 0 saturated carbocycles. The lowest BCUT2D eigenvalue weighted by molar-refractivity contribution is 0.113. The van der Waals surface area contributed by atoms with Crippen molar-refractivity contribution < 1.29 is 5.11 Å². The molecule has 120 valence electrons. The Morgan fingerprint density at radius 1 is 1.00 bits per heavy atom. The summed E-state index contributed by atoms with van der Waals surface area (Å²) in [5.41, 5.74) is 4.05. The van der Waals surface area contributed by atoms with Gasteiger partial charge in [-0.2, -0.15) is 0 Å². The number of hydrogen-bond acceptors (Lipinski definition) is 2. The van der Waals surface area contributed by atoms with Crippen molar-refractivity contribution in [3.05, 3.63) is 65.2 Å². The highest BCUT2D eigenvalue weighted by atomic mass is 16.3. The third-order valence-corrected chi connectivity index (χ3v) is 5.70. The van der Waals surface area contributed by atoms with Gasteiger partial charge in [-0.15, -0.1) is 0 Å². The van der Waals surface area contributed by atoms with Crippen molar-refractivity contribution >= 4 is 0 Å². The molecule has 2 aliphatic rings. The summed E-state index contributed by atoms with van der Waals surface area (Å²) >= 11 is 0. The zero-order chi connectivity index (χ0) is 15.6. The fraction of sp³-hybridized carbons (Fsp3) is 0.429. The van der Waals surface area contributed by atoms with Crippen LogP contribution in [0.3, 0.4) is 0 Å². The lowest BCUT2D eigenvalue weighted by Gasteiger charge is -2.45. The number of hydrogen-bond donors (Lipinski definition) is 1. The predicted octanol–water partition coefficient (Wildman–Crippen LogP) is 4.13. The minimum absolute atomic E-state index is 0.502. The second kappa shape index (κ2) is 6.37. The van der Waals surface area contributed by atoms with Gasteiger partial charge < -0.3 is 5.11 Å². The molecule has 1 aliphatic carbocycles. The maximum atomic E-state index is 10.2. The van der Waals surface area contributed by atoms with Crippen LogP contribution in [0.25, 0.3) is 0 Å². The van der Waals surface area contributed by atoms with E-state index in [4.69, 9.17) is 0 Å². The number of likely N-dealkylation sites (tertiary alicyclic amines) is 1. The van der Waals surface area contributed by atoms with Gasteiger partial charge in [0.2, 0.25) is 0 Å². The van der Waals surface area contributed by atoms with E-state index >= 15 is 0 Å². The molecular weight excluding hydrogens is 282 g/mol. The largest absolute Gasteiger partial charge is 0.508 e. The Kier molecular flexibility index (Phi) is 4.09. The Morgan fingerprint density at radius 2 is 1.87 bits per heavy atom. The molecule has 1 saturated heterocycles. The highest BCUT2D eigenvalue weighted by Crippen LogP contribution is 2.43. The van der Waals surface area contributed by atoms with Crippen molar-refractivity contribution in [1.82, 2.24) is 4.90 Å². The molecule has 1 heterocycles. The molecule has 4 rings (SSSR count). The first-order valence-electron chi connectivity index (χ1n) is 8.91. The molecule has 2 atom stereocenters. The monoisotopic (exact) mass is 307 g/mol. The van der Waals surface area contributed by atoms with Gasteiger partial charge in [0.1, 0.15) is 5.75 Å². The van der Waals surface area contributed by atoms with Gasteiger partial charge in [-0.25, -0.2) is 0 Å². The molecule has 1 N–H and O–H groups in total. The fourth-order valence-corrected chi connectivity index (χ4v) is 4.57. The molecule has 0 bridgehead atoms. The smallest absolute Gasteiger partial charge is 0.119 e. The van der Waals surface area contributed by atoms with Crippen LogP contribution in [-0.4, -0.2) is 29.1 Å². The Balaban J connectivity index is 1.51. The average molecular weight is 307 g/mol. The van der Waals surface area contributed by atoms with Crippen LogP contribution >= 0.6 is 0 Å². The van der Waals surface area contributed by atoms with Gasteiger partial charge in [0.05, 0.1) is 0 Å². The van der Waals surface area contributed by atoms with Crippen molar-refractivity contribution in [3.63, 3.8) is 0 Å². The Morgan fingerprint density at radius 3 is 2.74 bits per heavy atom. The van der Waals surface area contributed by atoms with Crippen LogP contribution in [0.2, 0.25) is 0 Å². The number of nitrogens with zero attached hydrogens (tertiary/aromatic N) is 1. The topological polar surface area (TPSA) is 23.5 Å². The lowest BCUT2D eigenvalue weighted by Crippen LogP contribution is -2.47. The number of phenols is 1. The van der Waals surface area contributed by atoms with E-state index in [1.807, 2.05) is 12.1 Å². The molecule has 0 radical (unpaired) electrons. The van der Waals surface area contributed by atoms with Gasteiger partial charge in [0.15, 0.2) is 0 Å². The van der Waals surface area contributed by atoms with Crippen LogP contribution in [0.4, 0.5) is 0 Å². The van der Waals surface area contributed by atoms with Crippen molar-refractivity contribution in [2.75, 3.05) is 13.1 Å². The van der Waals surface area contributed by atoms with Gasteiger partial charge in [0, 0.05) is 12.6 Å². The number of phenolic OH excluding ortho intramolecular Hbond substituents is 1. The second-order valence-corrected chi connectivity index (χ2v) is 6.97. The van der Waals surface area contributed by atoms with E-state index in [9.17, 15) is 5.11 Å². The van der Waals surface area contributed by atoms with Crippen LogP contribution in [0, 0.1) is 0 Å². The normalized spacial score (nSPS) is 24.0. The summed E-state index contributed by atoms with van der Waals surface area (Å²) in [6.07, 6.45) is 5.88. The van der Waals surface area contributed by atoms with Gasteiger partial charge in [-0.1, -0.05) is 42.5 Å². The Labute approximate surface area is 138 Å². The zero-order valence-electron chi connectivity index (χ0n) is 13.6. The SMILES string of the molecule is Oc1cccc2c1CC[C@@H]1[C@@H]2CCCN1CCc1ccccc1. The quantitative estimate of drug-likeness (QED) is 0.921. The van der Waals surface area contributed by atoms with Crippen molar-refractivity contribution in [1.29, 1.82) is 0 Å². The van der Waals surface area contributed by atoms with Crippen molar-refractivity contribution in [2.24, 2.45) is 0 Å². The number of piperidine rings is 1. The molecule has 0 spiro atoms. The first kappa shape index (κ1) is 14.8. The first-order chi connectivity index (χ1) is 11.3. The highest BCUT2D eigenvalue weighted by Gasteiger charge is 2.36. The summed E-state index contributed by atoms with van der Waals surface area (Å²) < 4.78 is 0. The van der Waals surface area contributed by atoms with Crippen LogP contribution in [0.15, 0.2) is 48.5 Å². The van der Waals surface area contributed by atoms with E-state index < -0.39 is 0 Å². The minimum atomic E-state index is 0.502. The second-order valence-electron chi connectivity index (χ2n) is 6.97. The average Bonchev–Trinajstić information content (AvgIpc) is 2.61. The van der Waals surface area contributed by atoms with E-state index in [1.165, 1.54) is 42.5 Å². The molecule has 1 fully saturated rings. The minimum Gasteiger partial charge on any atom is -0.508 e. The van der Waals surface area contributed by atoms with E-state index in [2.05, 4.69) is 41.3 Å². The van der Waals surface area contributed by atoms with Crippen LogP contribution < -0.4 is 0 Å². The van der Waals surface area contributed by atoms with E-state index in [0.717, 1.165) is 19.4 Å². The van der Waals surface area contributed by atoms with Gasteiger partial charge >= 0.3 is 0 Å². The Bertz CT molecular complexity index is 667. The maximum Gasteiger partial charge on any atom is 0.119 e. The summed E-state index contributed by atoms with van der Waals surface area (Å²) in [6, 6.07) is 17.6. The number of rotatable bonds is 3. The summed E-state index contributed by atoms with van der Waals surface area (Å²) in [5.74, 6) is 1.11. The molecule has 23 heavy (non-hydrogen) atoms. The highest BCUT2D eigenvalue weighted by molar-refractivity contribution is 5.44. The predicted molar refractivity (Wildman–Crippen MR) is 93.9 cm³/mol. The summed E-state index contributed by atoms with van der Waals surface area (Å²) in [5, 5.41) is 10.2. The molecule has 2 aromatic carbocycles. The zero-order valence-corrected chi connectivity index (χ0v) is 13.6. The van der Waals surface area contributed by atoms with Crippen LogP contribution in [-0.2, 0) is 12.8 Å². The van der Waals surface area contributed by atoms with E-state index in [1.54, 1.807) is 0 Å². The standard InChI is InChI=1S/C21H25NO/c23-21-10-4-8-17-18-9-5-14-22(20(18)12-11-19(17)21)15-13-16-6-2-1-3-7-16/h1-4,6-8,10,18,20,23H,5,9,11-15H2/t18-,20-/m1/s1. The third-order valence-electron chi connectivity index (χ3n) is 5.70. The number of fused-ring (bicyclic) bond motifs is 3. The maximum absolute atomic E-state index is 10.2. The van der Waals surface area contributed by atoms with Crippen molar-refractivity contribution in [2.45, 2.75) is 44.1 Å². The Hall–Kier alpha value is -1.80. The summed E-state index contributed by atoms with van der Waals surface area (Å²) in [7, 11) is 0. The molecule has 0 amide bonds. The molecule has 1 aliphatic heterocycles. The number of benzene rings is 2. The fourth-order valence-electron chi connectivity index (χ4n) is 4.57. The van der Waals surface area contributed by atoms with Crippen LogP contribution in [0.5, 0.6) is 5.75 Å². The van der Waals surface area contributed by atoms with Gasteiger partial charge in [0.25, 0.3) is 0 Å². The van der Waals surface area contributed by atoms with E-state index in [-0.39, 0.29) is 0 Å². The lowest BCUT2D eigenvalue weighted by atomic mass is 9.74. The first-order valence-corrected chi connectivity index (χ1v) is 8.91. The molecule has 0 aromatic heterocycles. The molecule has 2 nitrogen and oxygen atoms in total. The van der Waals surface area contributed by atoms with Gasteiger partial charge in [-0.3, -0.25) is 4.90 Å². The number of aromatic hydroxyl groups is 1. The summed E-state index contributed by atoms with van der Waals surface area (Å²) in [6.45, 7) is 2.38. The van der Waals surface area contributed by atoms with Crippen LogP contribution in [0.1, 0.15) is 41.9 Å². The molecule has 2 heteroatoms. The third kappa shape index (κ3) is 2.88. The molecule has 2 aromatic rings. The van der Waals surface area contributed by atoms with Crippen molar-refractivity contribution in [3.8, 4) is 5.75 Å². The molecular formula is C21H25NO. The van der Waals surface area contributed by atoms with Gasteiger partial charge in [-0.05, 0) is 67.3 Å². The summed E-state index contributed by atoms with van der Waals surface area (Å²) in [4.78, 5) is 2.70. The molecule has 0 unspecified atom stereocenters.